The standard InChI is InChI=1S/C8H14N2OS/c1-3-4-9-8-10-7(5-11-2)6-12-8/h6H,3-5H2,1-2H3,(H,9,10). The highest BCUT2D eigenvalue weighted by molar-refractivity contribution is 7.13. The molecule has 0 amide bonds. The molecule has 1 N–H and O–H groups in total. The number of thiazole rings is 1. The Morgan fingerprint density at radius 2 is 2.50 bits per heavy atom. The second-order valence-corrected chi connectivity index (χ2v) is 3.36. The molecule has 12 heavy (non-hydrogen) atoms. The van der Waals surface area contributed by atoms with Gasteiger partial charge in [0.2, 0.25) is 0 Å². The molecule has 0 spiro atoms. The topological polar surface area (TPSA) is 34.2 Å². The molecule has 1 aromatic heterocycles. The number of anilines is 1. The fourth-order valence-corrected chi connectivity index (χ4v) is 1.56. The van der Waals surface area contributed by atoms with Crippen LogP contribution in [-0.4, -0.2) is 18.6 Å². The Bertz CT molecular complexity index is 225. The maximum atomic E-state index is 4.96. The lowest BCUT2D eigenvalue weighted by Crippen LogP contribution is -1.99. The van der Waals surface area contributed by atoms with Crippen molar-refractivity contribution in [3.05, 3.63) is 11.1 Å². The van der Waals surface area contributed by atoms with Crippen molar-refractivity contribution in [1.82, 2.24) is 4.98 Å². The van der Waals surface area contributed by atoms with Crippen LogP contribution in [-0.2, 0) is 11.3 Å². The molecule has 0 aliphatic carbocycles. The molecule has 1 aromatic rings. The number of ether oxygens (including phenoxy) is 1. The highest BCUT2D eigenvalue weighted by Gasteiger charge is 1.99. The van der Waals surface area contributed by atoms with Crippen molar-refractivity contribution < 1.29 is 4.74 Å². The predicted octanol–water partition coefficient (Wildman–Crippen LogP) is 2.11. The van der Waals surface area contributed by atoms with Crippen LogP contribution in [0.3, 0.4) is 0 Å². The maximum absolute atomic E-state index is 4.96. The summed E-state index contributed by atoms with van der Waals surface area (Å²) in [5.74, 6) is 0. The van der Waals surface area contributed by atoms with Gasteiger partial charge in [-0.1, -0.05) is 6.92 Å². The second kappa shape index (κ2) is 5.11. The molecule has 0 aliphatic rings. The van der Waals surface area contributed by atoms with Gasteiger partial charge in [0.05, 0.1) is 12.3 Å². The zero-order valence-electron chi connectivity index (χ0n) is 7.46. The third-order valence-electron chi connectivity index (χ3n) is 1.37. The van der Waals surface area contributed by atoms with Crippen molar-refractivity contribution >= 4 is 16.5 Å². The average molecular weight is 186 g/mol. The fourth-order valence-electron chi connectivity index (χ4n) is 0.834. The first-order valence-corrected chi connectivity index (χ1v) is 4.92. The van der Waals surface area contributed by atoms with Crippen molar-refractivity contribution in [2.45, 2.75) is 20.0 Å². The van der Waals surface area contributed by atoms with E-state index in [-0.39, 0.29) is 0 Å². The van der Waals surface area contributed by atoms with E-state index < -0.39 is 0 Å². The van der Waals surface area contributed by atoms with Crippen LogP contribution >= 0.6 is 11.3 Å². The van der Waals surface area contributed by atoms with E-state index in [4.69, 9.17) is 4.74 Å². The van der Waals surface area contributed by atoms with Gasteiger partial charge in [-0.05, 0) is 6.42 Å². The Hall–Kier alpha value is -0.610. The molecule has 0 unspecified atom stereocenters. The maximum Gasteiger partial charge on any atom is 0.182 e. The van der Waals surface area contributed by atoms with Crippen molar-refractivity contribution in [3.63, 3.8) is 0 Å². The summed E-state index contributed by atoms with van der Waals surface area (Å²) < 4.78 is 4.96. The number of nitrogens with zero attached hydrogens (tertiary/aromatic N) is 1. The number of nitrogens with one attached hydrogen (secondary N) is 1. The molecule has 0 aliphatic heterocycles. The summed E-state index contributed by atoms with van der Waals surface area (Å²) in [6, 6.07) is 0. The van der Waals surface area contributed by atoms with E-state index in [2.05, 4.69) is 17.2 Å². The van der Waals surface area contributed by atoms with Crippen LogP contribution in [0.1, 0.15) is 19.0 Å². The van der Waals surface area contributed by atoms with Crippen LogP contribution in [0.4, 0.5) is 5.13 Å². The first-order chi connectivity index (χ1) is 5.86. The van der Waals surface area contributed by atoms with Gasteiger partial charge in [0, 0.05) is 19.0 Å². The number of methoxy groups -OCH3 is 1. The zero-order valence-corrected chi connectivity index (χ0v) is 8.28. The molecular weight excluding hydrogens is 172 g/mol. The van der Waals surface area contributed by atoms with Crippen LogP contribution in [0, 0.1) is 0 Å². The third kappa shape index (κ3) is 2.79. The molecule has 0 fully saturated rings. The SMILES string of the molecule is CCCNc1nc(COC)cs1. The zero-order chi connectivity index (χ0) is 8.81. The summed E-state index contributed by atoms with van der Waals surface area (Å²) in [5, 5.41) is 6.23. The lowest BCUT2D eigenvalue weighted by atomic mass is 10.5. The summed E-state index contributed by atoms with van der Waals surface area (Å²) in [5.41, 5.74) is 1.00. The second-order valence-electron chi connectivity index (χ2n) is 2.50. The number of aromatic nitrogens is 1. The molecular formula is C8H14N2OS. The lowest BCUT2D eigenvalue weighted by Gasteiger charge is -1.97. The van der Waals surface area contributed by atoms with Crippen LogP contribution in [0.2, 0.25) is 0 Å². The van der Waals surface area contributed by atoms with Gasteiger partial charge in [0.25, 0.3) is 0 Å². The molecule has 4 heteroatoms. The van der Waals surface area contributed by atoms with E-state index in [0.717, 1.165) is 23.8 Å². The first-order valence-electron chi connectivity index (χ1n) is 4.04. The van der Waals surface area contributed by atoms with Gasteiger partial charge in [-0.2, -0.15) is 0 Å². The van der Waals surface area contributed by atoms with E-state index >= 15 is 0 Å². The molecule has 0 atom stereocenters. The van der Waals surface area contributed by atoms with Gasteiger partial charge < -0.3 is 10.1 Å². The normalized spacial score (nSPS) is 10.2. The molecule has 68 valence electrons. The van der Waals surface area contributed by atoms with Gasteiger partial charge in [-0.3, -0.25) is 0 Å². The van der Waals surface area contributed by atoms with Gasteiger partial charge in [0.15, 0.2) is 5.13 Å². The molecule has 0 radical (unpaired) electrons. The van der Waals surface area contributed by atoms with Crippen molar-refractivity contribution in [3.8, 4) is 0 Å². The summed E-state index contributed by atoms with van der Waals surface area (Å²) in [6.07, 6.45) is 1.12. The van der Waals surface area contributed by atoms with Crippen molar-refractivity contribution in [2.24, 2.45) is 0 Å². The molecule has 0 bridgehead atoms. The largest absolute Gasteiger partial charge is 0.378 e. The summed E-state index contributed by atoms with van der Waals surface area (Å²) in [7, 11) is 1.68. The Labute approximate surface area is 76.8 Å². The van der Waals surface area contributed by atoms with Crippen molar-refractivity contribution in [1.29, 1.82) is 0 Å². The van der Waals surface area contributed by atoms with E-state index in [0.29, 0.717) is 6.61 Å². The van der Waals surface area contributed by atoms with Crippen LogP contribution in [0.15, 0.2) is 5.38 Å². The summed E-state index contributed by atoms with van der Waals surface area (Å²) >= 11 is 1.63. The first kappa shape index (κ1) is 9.48. The molecule has 0 saturated heterocycles. The summed E-state index contributed by atoms with van der Waals surface area (Å²) in [6.45, 7) is 3.72. The highest BCUT2D eigenvalue weighted by Crippen LogP contribution is 2.15. The summed E-state index contributed by atoms with van der Waals surface area (Å²) in [4.78, 5) is 4.32. The van der Waals surface area contributed by atoms with Crippen molar-refractivity contribution in [2.75, 3.05) is 19.0 Å². The molecule has 0 saturated carbocycles. The molecule has 1 rings (SSSR count). The minimum absolute atomic E-state index is 0.601. The van der Waals surface area contributed by atoms with E-state index in [1.165, 1.54) is 0 Å². The Morgan fingerprint density at radius 1 is 1.67 bits per heavy atom. The minimum atomic E-state index is 0.601. The fraction of sp³-hybridized carbons (Fsp3) is 0.625. The minimum Gasteiger partial charge on any atom is -0.378 e. The van der Waals surface area contributed by atoms with Crippen LogP contribution in [0.25, 0.3) is 0 Å². The van der Waals surface area contributed by atoms with E-state index in [1.807, 2.05) is 5.38 Å². The Balaban J connectivity index is 2.41. The number of hydrogen-bond acceptors (Lipinski definition) is 4. The van der Waals surface area contributed by atoms with E-state index in [9.17, 15) is 0 Å². The molecule has 3 nitrogen and oxygen atoms in total. The van der Waals surface area contributed by atoms with Gasteiger partial charge >= 0.3 is 0 Å². The number of rotatable bonds is 5. The smallest absolute Gasteiger partial charge is 0.182 e. The van der Waals surface area contributed by atoms with Gasteiger partial charge in [-0.15, -0.1) is 11.3 Å². The average Bonchev–Trinajstić information content (AvgIpc) is 2.50. The predicted molar refractivity (Wildman–Crippen MR) is 51.6 cm³/mol. The lowest BCUT2D eigenvalue weighted by molar-refractivity contribution is 0.182. The van der Waals surface area contributed by atoms with Crippen LogP contribution < -0.4 is 5.32 Å². The molecule has 0 aromatic carbocycles. The highest BCUT2D eigenvalue weighted by atomic mass is 32.1. The Kier molecular flexibility index (Phi) is 4.04. The number of hydrogen-bond donors (Lipinski definition) is 1. The van der Waals surface area contributed by atoms with E-state index in [1.54, 1.807) is 18.4 Å². The van der Waals surface area contributed by atoms with Gasteiger partial charge in [0.1, 0.15) is 0 Å². The van der Waals surface area contributed by atoms with Gasteiger partial charge in [-0.25, -0.2) is 4.98 Å². The Morgan fingerprint density at radius 3 is 3.17 bits per heavy atom. The molecule has 1 heterocycles. The van der Waals surface area contributed by atoms with Crippen LogP contribution in [0.5, 0.6) is 0 Å². The third-order valence-corrected chi connectivity index (χ3v) is 2.22. The quantitative estimate of drug-likeness (QED) is 0.764. The monoisotopic (exact) mass is 186 g/mol.